The molecule has 0 bridgehead atoms. The number of hydrogen-bond acceptors (Lipinski definition) is 6. The van der Waals surface area contributed by atoms with Crippen LogP contribution in [0.15, 0.2) is 133 Å². The van der Waals surface area contributed by atoms with Gasteiger partial charge in [-0.25, -0.2) is 9.97 Å². The van der Waals surface area contributed by atoms with Crippen LogP contribution in [0.5, 0.6) is 0 Å². The van der Waals surface area contributed by atoms with Gasteiger partial charge in [-0.3, -0.25) is 19.8 Å². The smallest absolute Gasteiger partial charge is 0.255 e. The minimum atomic E-state index is -0.277. The number of anilines is 2. The Kier molecular flexibility index (Phi) is 7.64. The summed E-state index contributed by atoms with van der Waals surface area (Å²) in [6, 6.07) is 40.6. The van der Waals surface area contributed by atoms with Crippen molar-refractivity contribution in [2.24, 2.45) is 0 Å². The van der Waals surface area contributed by atoms with E-state index < -0.39 is 0 Å². The van der Waals surface area contributed by atoms with Gasteiger partial charge in [0.25, 0.3) is 11.8 Å². The zero-order valence-electron chi connectivity index (χ0n) is 24.3. The molecule has 0 atom stereocenters. The molecule has 0 unspecified atom stereocenters. The van der Waals surface area contributed by atoms with E-state index in [1.165, 1.54) is 0 Å². The molecule has 0 aliphatic rings. The highest BCUT2D eigenvalue weighted by Crippen LogP contribution is 2.23. The van der Waals surface area contributed by atoms with Crippen LogP contribution in [-0.2, 0) is 0 Å². The van der Waals surface area contributed by atoms with E-state index in [-0.39, 0.29) is 11.8 Å². The molecule has 0 spiro atoms. The predicted octanol–water partition coefficient (Wildman–Crippen LogP) is 7.10. The first-order chi connectivity index (χ1) is 22.6. The van der Waals surface area contributed by atoms with Crippen molar-refractivity contribution in [3.05, 3.63) is 145 Å². The third-order valence-electron chi connectivity index (χ3n) is 7.23. The summed E-state index contributed by atoms with van der Waals surface area (Å²) in [5.74, 6) is 1.74. The van der Waals surface area contributed by atoms with Crippen LogP contribution < -0.4 is 10.6 Å². The normalized spacial score (nSPS) is 10.8. The second kappa shape index (κ2) is 12.5. The Hall–Kier alpha value is -6.68. The predicted molar refractivity (Wildman–Crippen MR) is 177 cm³/mol. The number of nitrogens with one attached hydrogen (secondary N) is 4. The summed E-state index contributed by atoms with van der Waals surface area (Å²) in [5, 5.41) is 20.3. The van der Waals surface area contributed by atoms with Crippen molar-refractivity contribution in [2.45, 2.75) is 0 Å². The fraction of sp³-hybridized carbons (Fsp3) is 0. The van der Waals surface area contributed by atoms with Crippen molar-refractivity contribution in [2.75, 3.05) is 10.6 Å². The molecule has 0 aliphatic heterocycles. The first kappa shape index (κ1) is 28.1. The Morgan fingerprint density at radius 2 is 0.848 bits per heavy atom. The molecule has 222 valence electrons. The quantitative estimate of drug-likeness (QED) is 0.146. The van der Waals surface area contributed by atoms with Gasteiger partial charge < -0.3 is 10.6 Å². The molecule has 46 heavy (non-hydrogen) atoms. The first-order valence-corrected chi connectivity index (χ1v) is 14.5. The van der Waals surface area contributed by atoms with Gasteiger partial charge in [-0.05, 0) is 48.5 Å². The average Bonchev–Trinajstić information content (AvgIpc) is 3.82. The molecular weight excluding hydrogens is 576 g/mol. The molecule has 10 heteroatoms. The molecule has 5 aromatic carbocycles. The number of amides is 2. The van der Waals surface area contributed by atoms with Crippen LogP contribution in [0.25, 0.3) is 45.6 Å². The van der Waals surface area contributed by atoms with Crippen molar-refractivity contribution in [3.63, 3.8) is 0 Å². The molecular formula is C36H26N8O2. The fourth-order valence-electron chi connectivity index (χ4n) is 4.87. The molecule has 0 saturated heterocycles. The van der Waals surface area contributed by atoms with Gasteiger partial charge >= 0.3 is 0 Å². The van der Waals surface area contributed by atoms with Crippen molar-refractivity contribution < 1.29 is 9.59 Å². The first-order valence-electron chi connectivity index (χ1n) is 14.5. The number of rotatable bonds is 8. The molecule has 10 nitrogen and oxygen atoms in total. The fourth-order valence-corrected chi connectivity index (χ4v) is 4.87. The molecule has 0 radical (unpaired) electrons. The Morgan fingerprint density at radius 1 is 0.457 bits per heavy atom. The van der Waals surface area contributed by atoms with Crippen molar-refractivity contribution >= 4 is 23.2 Å². The highest BCUT2D eigenvalue weighted by Gasteiger charge is 2.14. The summed E-state index contributed by atoms with van der Waals surface area (Å²) < 4.78 is 0. The van der Waals surface area contributed by atoms with Gasteiger partial charge in [0.05, 0.1) is 0 Å². The molecule has 0 saturated carbocycles. The average molecular weight is 603 g/mol. The maximum atomic E-state index is 13.1. The number of nitrogens with zero attached hydrogens (tertiary/aromatic N) is 4. The molecule has 7 rings (SSSR count). The number of aromatic nitrogens is 6. The van der Waals surface area contributed by atoms with Crippen molar-refractivity contribution in [3.8, 4) is 45.6 Å². The number of H-pyrrole nitrogens is 2. The molecule has 0 fully saturated rings. The monoisotopic (exact) mass is 602 g/mol. The second-order valence-electron chi connectivity index (χ2n) is 10.4. The van der Waals surface area contributed by atoms with Gasteiger partial charge in [-0.15, -0.1) is 0 Å². The van der Waals surface area contributed by atoms with Crippen LogP contribution in [0.1, 0.15) is 20.7 Å². The lowest BCUT2D eigenvalue weighted by molar-refractivity contribution is 0.101. The summed E-state index contributed by atoms with van der Waals surface area (Å²) in [5.41, 5.74) is 5.38. The van der Waals surface area contributed by atoms with Crippen LogP contribution in [0, 0.1) is 0 Å². The molecule has 2 aromatic heterocycles. The zero-order chi connectivity index (χ0) is 31.3. The van der Waals surface area contributed by atoms with Crippen LogP contribution in [0.4, 0.5) is 11.4 Å². The maximum Gasteiger partial charge on any atom is 0.255 e. The number of aromatic amines is 2. The van der Waals surface area contributed by atoms with Gasteiger partial charge in [-0.2, -0.15) is 10.2 Å². The van der Waals surface area contributed by atoms with Crippen molar-refractivity contribution in [1.29, 1.82) is 0 Å². The van der Waals surface area contributed by atoms with E-state index in [9.17, 15) is 9.59 Å². The molecule has 4 N–H and O–H groups in total. The Labute approximate surface area is 263 Å². The molecule has 7 aromatic rings. The van der Waals surface area contributed by atoms with E-state index in [2.05, 4.69) is 41.0 Å². The second-order valence-corrected chi connectivity index (χ2v) is 10.4. The van der Waals surface area contributed by atoms with E-state index in [1.807, 2.05) is 72.8 Å². The molecule has 2 heterocycles. The summed E-state index contributed by atoms with van der Waals surface area (Å²) in [6.45, 7) is 0. The van der Waals surface area contributed by atoms with Gasteiger partial charge in [-0.1, -0.05) is 84.9 Å². The van der Waals surface area contributed by atoms with Gasteiger partial charge in [0.2, 0.25) is 0 Å². The number of carbonyl (C=O) groups excluding carboxylic acids is 2. The third-order valence-corrected chi connectivity index (χ3v) is 7.23. The summed E-state index contributed by atoms with van der Waals surface area (Å²) in [4.78, 5) is 35.3. The lowest BCUT2D eigenvalue weighted by Crippen LogP contribution is -2.13. The van der Waals surface area contributed by atoms with Gasteiger partial charge in [0.1, 0.15) is 0 Å². The lowest BCUT2D eigenvalue weighted by Gasteiger charge is -2.09. The minimum absolute atomic E-state index is 0.277. The van der Waals surface area contributed by atoms with Crippen molar-refractivity contribution in [1.82, 2.24) is 30.4 Å². The number of benzene rings is 5. The van der Waals surface area contributed by atoms with Crippen LogP contribution in [-0.4, -0.2) is 42.2 Å². The lowest BCUT2D eigenvalue weighted by atomic mass is 10.1. The highest BCUT2D eigenvalue weighted by atomic mass is 16.2. The largest absolute Gasteiger partial charge is 0.322 e. The highest BCUT2D eigenvalue weighted by molar-refractivity contribution is 6.06. The Morgan fingerprint density at radius 3 is 1.26 bits per heavy atom. The zero-order valence-corrected chi connectivity index (χ0v) is 24.3. The van der Waals surface area contributed by atoms with Crippen LogP contribution >= 0.6 is 0 Å². The number of hydrogen-bond donors (Lipinski definition) is 4. The standard InChI is InChI=1S/C36H26N8O2/c45-35(27-15-7-13-25(21-27)33-39-31(41-43-33)23-9-3-1-4-10-23)37-29-17-19-30(20-18-29)38-36(46)28-16-8-14-26(22-28)34-40-32(42-44-34)24-11-5-2-6-12-24/h1-22H,(H,37,45)(H,38,46)(H,39,41,43)(H,40,42,44). The maximum absolute atomic E-state index is 13.1. The van der Waals surface area contributed by atoms with E-state index >= 15 is 0 Å². The van der Waals surface area contributed by atoms with E-state index in [0.717, 1.165) is 22.3 Å². The minimum Gasteiger partial charge on any atom is -0.322 e. The van der Waals surface area contributed by atoms with E-state index in [1.54, 1.807) is 60.7 Å². The van der Waals surface area contributed by atoms with Gasteiger partial charge in [0, 0.05) is 44.8 Å². The van der Waals surface area contributed by atoms with Gasteiger partial charge in [0.15, 0.2) is 23.3 Å². The third kappa shape index (κ3) is 6.17. The van der Waals surface area contributed by atoms with Crippen LogP contribution in [0.2, 0.25) is 0 Å². The van der Waals surface area contributed by atoms with Crippen LogP contribution in [0.3, 0.4) is 0 Å². The number of carbonyl (C=O) groups is 2. The summed E-state index contributed by atoms with van der Waals surface area (Å²) in [6.07, 6.45) is 0. The van der Waals surface area contributed by atoms with E-state index in [0.29, 0.717) is 45.8 Å². The molecule has 0 aliphatic carbocycles. The molecule has 2 amide bonds. The summed E-state index contributed by atoms with van der Waals surface area (Å²) in [7, 11) is 0. The Bertz CT molecular complexity index is 1980. The topological polar surface area (TPSA) is 141 Å². The Balaban J connectivity index is 0.989. The van der Waals surface area contributed by atoms with E-state index in [4.69, 9.17) is 0 Å². The summed E-state index contributed by atoms with van der Waals surface area (Å²) >= 11 is 0. The SMILES string of the molecule is O=C(Nc1ccc(NC(=O)c2cccc(-c3nc(-c4ccccc4)n[nH]3)c2)cc1)c1cccc(-c2nc(-c3ccccc3)n[nH]2)c1.